The molecule has 0 spiro atoms. The lowest BCUT2D eigenvalue weighted by Gasteiger charge is -2.10. The van der Waals surface area contributed by atoms with Crippen molar-refractivity contribution < 1.29 is 4.79 Å². The number of nitrogens with one attached hydrogen (secondary N) is 2. The third kappa shape index (κ3) is 3.37. The molecular formula is C20H18BrN3O. The van der Waals surface area contributed by atoms with E-state index < -0.39 is 0 Å². The van der Waals surface area contributed by atoms with Crippen LogP contribution in [0.1, 0.15) is 40.0 Å². The van der Waals surface area contributed by atoms with Crippen LogP contribution in [0.4, 0.5) is 0 Å². The average molecular weight is 396 g/mol. The number of amides is 1. The van der Waals surface area contributed by atoms with Gasteiger partial charge in [0.2, 0.25) is 0 Å². The van der Waals surface area contributed by atoms with Gasteiger partial charge in [-0.25, -0.2) is 5.43 Å². The Morgan fingerprint density at radius 2 is 2.04 bits per heavy atom. The Hall–Kier alpha value is -2.40. The first-order valence-corrected chi connectivity index (χ1v) is 9.22. The highest BCUT2D eigenvalue weighted by atomic mass is 79.9. The zero-order valence-electron chi connectivity index (χ0n) is 13.7. The fourth-order valence-electron chi connectivity index (χ4n) is 3.36. The second kappa shape index (κ2) is 6.84. The highest BCUT2D eigenvalue weighted by Gasteiger charge is 2.16. The number of benzene rings is 2. The number of halogens is 1. The van der Waals surface area contributed by atoms with E-state index in [1.54, 1.807) is 6.21 Å². The number of fused-ring (bicyclic) bond motifs is 3. The molecule has 1 heterocycles. The van der Waals surface area contributed by atoms with Gasteiger partial charge in [0.05, 0.1) is 6.21 Å². The number of nitrogens with zero attached hydrogens (tertiary/aromatic N) is 1. The number of hydrogen-bond acceptors (Lipinski definition) is 2. The zero-order chi connectivity index (χ0) is 17.2. The van der Waals surface area contributed by atoms with Crippen LogP contribution in [0.2, 0.25) is 0 Å². The normalized spacial score (nSPS) is 14.0. The highest BCUT2D eigenvalue weighted by molar-refractivity contribution is 9.10. The van der Waals surface area contributed by atoms with Crippen LogP contribution in [0.15, 0.2) is 52.0 Å². The summed E-state index contributed by atoms with van der Waals surface area (Å²) in [4.78, 5) is 15.9. The predicted molar refractivity (Wildman–Crippen MR) is 104 cm³/mol. The van der Waals surface area contributed by atoms with Crippen molar-refractivity contribution >= 4 is 39.0 Å². The zero-order valence-corrected chi connectivity index (χ0v) is 15.3. The first-order chi connectivity index (χ1) is 12.2. The Morgan fingerprint density at radius 1 is 1.16 bits per heavy atom. The van der Waals surface area contributed by atoms with E-state index in [1.165, 1.54) is 29.5 Å². The van der Waals surface area contributed by atoms with Crippen LogP contribution in [0.3, 0.4) is 0 Å². The molecule has 1 aromatic heterocycles. The molecule has 1 amide bonds. The lowest BCUT2D eigenvalue weighted by molar-refractivity contribution is 0.0955. The van der Waals surface area contributed by atoms with Crippen molar-refractivity contribution in [1.29, 1.82) is 0 Å². The second-order valence-electron chi connectivity index (χ2n) is 6.30. The maximum absolute atomic E-state index is 12.4. The number of rotatable bonds is 3. The van der Waals surface area contributed by atoms with Crippen LogP contribution in [0, 0.1) is 0 Å². The summed E-state index contributed by atoms with van der Waals surface area (Å²) in [5.41, 5.74) is 7.97. The van der Waals surface area contributed by atoms with Gasteiger partial charge in [0.25, 0.3) is 5.91 Å². The van der Waals surface area contributed by atoms with E-state index in [-0.39, 0.29) is 5.91 Å². The van der Waals surface area contributed by atoms with Gasteiger partial charge in [-0.2, -0.15) is 5.10 Å². The van der Waals surface area contributed by atoms with Crippen LogP contribution >= 0.6 is 15.9 Å². The van der Waals surface area contributed by atoms with Gasteiger partial charge in [-0.15, -0.1) is 0 Å². The molecule has 3 aromatic rings. The molecule has 2 aromatic carbocycles. The van der Waals surface area contributed by atoms with Crippen LogP contribution in [0.25, 0.3) is 10.9 Å². The third-order valence-electron chi connectivity index (χ3n) is 4.59. The minimum atomic E-state index is -0.195. The molecule has 1 aliphatic carbocycles. The van der Waals surface area contributed by atoms with Crippen LogP contribution in [0.5, 0.6) is 0 Å². The molecule has 0 radical (unpaired) electrons. The van der Waals surface area contributed by atoms with Crippen LogP contribution < -0.4 is 5.43 Å². The van der Waals surface area contributed by atoms with E-state index in [4.69, 9.17) is 0 Å². The second-order valence-corrected chi connectivity index (χ2v) is 7.22. The van der Waals surface area contributed by atoms with Crippen LogP contribution in [-0.2, 0) is 12.8 Å². The molecule has 0 unspecified atom stereocenters. The highest BCUT2D eigenvalue weighted by Crippen LogP contribution is 2.29. The number of aromatic amines is 1. The molecule has 2 N–H and O–H groups in total. The summed E-state index contributed by atoms with van der Waals surface area (Å²) in [6.07, 6.45) is 6.27. The fourth-order valence-corrected chi connectivity index (χ4v) is 3.78. The molecule has 25 heavy (non-hydrogen) atoms. The molecule has 0 fully saturated rings. The fraction of sp³-hybridized carbons (Fsp3) is 0.200. The Balaban J connectivity index is 1.53. The Morgan fingerprint density at radius 3 is 2.92 bits per heavy atom. The van der Waals surface area contributed by atoms with E-state index in [0.717, 1.165) is 28.4 Å². The third-order valence-corrected chi connectivity index (χ3v) is 5.08. The molecule has 0 atom stereocenters. The smallest absolute Gasteiger partial charge is 0.271 e. The predicted octanol–water partition coefficient (Wildman–Crippen LogP) is 4.57. The number of aromatic nitrogens is 1. The molecule has 1 aliphatic rings. The lowest BCUT2D eigenvalue weighted by Crippen LogP contribution is -2.17. The molecule has 0 bridgehead atoms. The van der Waals surface area contributed by atoms with Crippen LogP contribution in [-0.4, -0.2) is 17.1 Å². The maximum Gasteiger partial charge on any atom is 0.271 e. The lowest BCUT2D eigenvalue weighted by atomic mass is 9.95. The van der Waals surface area contributed by atoms with Crippen molar-refractivity contribution in [3.63, 3.8) is 0 Å². The van der Waals surface area contributed by atoms with Gasteiger partial charge in [-0.1, -0.05) is 28.1 Å². The summed E-state index contributed by atoms with van der Waals surface area (Å²) in [6, 6.07) is 13.5. The number of carbonyl (C=O) groups excluding carboxylic acids is 1. The van der Waals surface area contributed by atoms with Crippen molar-refractivity contribution in [3.05, 3.63) is 69.3 Å². The first-order valence-electron chi connectivity index (χ1n) is 8.43. The van der Waals surface area contributed by atoms with Crippen molar-refractivity contribution in [2.45, 2.75) is 25.7 Å². The standard InChI is InChI=1S/C20H18BrN3O/c21-15-5-3-4-13(10-15)12-22-24-20(25)14-8-9-19-17(11-14)16-6-1-2-7-18(16)23-19/h3-5,8-12,23H,1-2,6-7H2,(H,24,25)/b22-12-. The number of carbonyl (C=O) groups is 1. The number of H-pyrrole nitrogens is 1. The van der Waals surface area contributed by atoms with Gasteiger partial charge < -0.3 is 4.98 Å². The van der Waals surface area contributed by atoms with Gasteiger partial charge in [-0.3, -0.25) is 4.79 Å². The largest absolute Gasteiger partial charge is 0.358 e. The SMILES string of the molecule is O=C(N/N=C\c1cccc(Br)c1)c1ccc2[nH]c3c(c2c1)CCCC3. The Labute approximate surface area is 154 Å². The minimum absolute atomic E-state index is 0.195. The first kappa shape index (κ1) is 16.1. The van der Waals surface area contributed by atoms with E-state index >= 15 is 0 Å². The summed E-state index contributed by atoms with van der Waals surface area (Å²) in [5.74, 6) is -0.195. The van der Waals surface area contributed by atoms with Crippen molar-refractivity contribution in [3.8, 4) is 0 Å². The van der Waals surface area contributed by atoms with E-state index in [2.05, 4.69) is 31.4 Å². The van der Waals surface area contributed by atoms with Gasteiger partial charge in [0.15, 0.2) is 0 Å². The summed E-state index contributed by atoms with van der Waals surface area (Å²) in [6.45, 7) is 0. The molecule has 4 rings (SSSR count). The van der Waals surface area contributed by atoms with Crippen molar-refractivity contribution in [2.75, 3.05) is 0 Å². The molecule has 0 saturated heterocycles. The summed E-state index contributed by atoms with van der Waals surface area (Å²) in [5, 5.41) is 5.23. The molecule has 0 saturated carbocycles. The number of hydrazone groups is 1. The van der Waals surface area contributed by atoms with Gasteiger partial charge in [0.1, 0.15) is 0 Å². The maximum atomic E-state index is 12.4. The Kier molecular flexibility index (Phi) is 4.40. The van der Waals surface area contributed by atoms with E-state index in [0.29, 0.717) is 5.56 Å². The molecule has 0 aliphatic heterocycles. The van der Waals surface area contributed by atoms with Gasteiger partial charge in [-0.05, 0) is 67.1 Å². The van der Waals surface area contributed by atoms with E-state index in [9.17, 15) is 4.79 Å². The number of hydrogen-bond donors (Lipinski definition) is 2. The minimum Gasteiger partial charge on any atom is -0.358 e. The molecule has 4 nitrogen and oxygen atoms in total. The molecule has 5 heteroatoms. The summed E-state index contributed by atoms with van der Waals surface area (Å²) < 4.78 is 0.977. The van der Waals surface area contributed by atoms with Crippen molar-refractivity contribution in [2.24, 2.45) is 5.10 Å². The summed E-state index contributed by atoms with van der Waals surface area (Å²) >= 11 is 3.42. The van der Waals surface area contributed by atoms with Gasteiger partial charge in [0, 0.05) is 26.6 Å². The van der Waals surface area contributed by atoms with Crippen molar-refractivity contribution in [1.82, 2.24) is 10.4 Å². The monoisotopic (exact) mass is 395 g/mol. The van der Waals surface area contributed by atoms with E-state index in [1.807, 2.05) is 42.5 Å². The molecular weight excluding hydrogens is 378 g/mol. The van der Waals surface area contributed by atoms with Gasteiger partial charge >= 0.3 is 0 Å². The molecule has 126 valence electrons. The topological polar surface area (TPSA) is 57.2 Å². The number of aryl methyl sites for hydroxylation is 2. The Bertz CT molecular complexity index is 974. The average Bonchev–Trinajstić information content (AvgIpc) is 2.99. The summed E-state index contributed by atoms with van der Waals surface area (Å²) in [7, 11) is 0. The quantitative estimate of drug-likeness (QED) is 0.495.